The topological polar surface area (TPSA) is 66.8 Å². The Balaban J connectivity index is 1.80. The van der Waals surface area contributed by atoms with Gasteiger partial charge in [-0.2, -0.15) is 0 Å². The molecule has 5 nitrogen and oxygen atoms in total. The van der Waals surface area contributed by atoms with E-state index in [0.717, 1.165) is 38.7 Å². The van der Waals surface area contributed by atoms with Crippen LogP contribution in [-0.4, -0.2) is 47.7 Å². The Kier molecular flexibility index (Phi) is 5.25. The van der Waals surface area contributed by atoms with Crippen LogP contribution in [-0.2, 0) is 14.3 Å². The molecule has 21 heavy (non-hydrogen) atoms. The first-order valence-corrected chi connectivity index (χ1v) is 8.04. The third kappa shape index (κ3) is 3.96. The number of nitrogens with zero attached hydrogens (tertiary/aromatic N) is 1. The first-order chi connectivity index (χ1) is 9.91. The molecule has 0 aromatic heterocycles. The van der Waals surface area contributed by atoms with Crippen molar-refractivity contribution in [1.29, 1.82) is 0 Å². The Morgan fingerprint density at radius 3 is 2.38 bits per heavy atom. The van der Waals surface area contributed by atoms with Crippen LogP contribution in [0.3, 0.4) is 0 Å². The Labute approximate surface area is 126 Å². The van der Waals surface area contributed by atoms with Crippen molar-refractivity contribution in [2.24, 2.45) is 11.3 Å². The standard InChI is InChI=1S/C16H27NO4/c1-16(2,15(19)20)12-6-8-17(9-7-12)14(18)11-13-5-3-4-10-21-13/h12-13H,3-11H2,1-2H3,(H,19,20)/t13-/m0/s1. The summed E-state index contributed by atoms with van der Waals surface area (Å²) in [5.74, 6) is -0.443. The molecule has 1 N–H and O–H groups in total. The van der Waals surface area contributed by atoms with Crippen LogP contribution in [0.5, 0.6) is 0 Å². The highest BCUT2D eigenvalue weighted by Gasteiger charge is 2.39. The fourth-order valence-corrected chi connectivity index (χ4v) is 3.32. The molecule has 2 aliphatic heterocycles. The smallest absolute Gasteiger partial charge is 0.309 e. The summed E-state index contributed by atoms with van der Waals surface area (Å²) in [6, 6.07) is 0. The number of piperidine rings is 1. The first-order valence-electron chi connectivity index (χ1n) is 8.04. The number of aliphatic carboxylic acids is 1. The highest BCUT2D eigenvalue weighted by Crippen LogP contribution is 2.35. The van der Waals surface area contributed by atoms with Gasteiger partial charge in [0, 0.05) is 19.7 Å². The van der Waals surface area contributed by atoms with Crippen molar-refractivity contribution in [3.05, 3.63) is 0 Å². The number of likely N-dealkylation sites (tertiary alicyclic amines) is 1. The predicted octanol–water partition coefficient (Wildman–Crippen LogP) is 2.29. The van der Waals surface area contributed by atoms with Gasteiger partial charge < -0.3 is 14.7 Å². The molecule has 0 bridgehead atoms. The van der Waals surface area contributed by atoms with Crippen LogP contribution in [0, 0.1) is 11.3 Å². The van der Waals surface area contributed by atoms with Crippen molar-refractivity contribution in [2.45, 2.75) is 58.5 Å². The van der Waals surface area contributed by atoms with Crippen molar-refractivity contribution in [3.8, 4) is 0 Å². The van der Waals surface area contributed by atoms with E-state index in [-0.39, 0.29) is 17.9 Å². The molecule has 0 unspecified atom stereocenters. The Morgan fingerprint density at radius 2 is 1.86 bits per heavy atom. The highest BCUT2D eigenvalue weighted by molar-refractivity contribution is 5.77. The monoisotopic (exact) mass is 297 g/mol. The molecule has 0 radical (unpaired) electrons. The SMILES string of the molecule is CC(C)(C(=O)O)C1CCN(C(=O)C[C@@H]2CCCCO2)CC1. The zero-order valence-electron chi connectivity index (χ0n) is 13.1. The van der Waals surface area contributed by atoms with Crippen molar-refractivity contribution in [2.75, 3.05) is 19.7 Å². The first kappa shape index (κ1) is 16.3. The number of rotatable bonds is 4. The van der Waals surface area contributed by atoms with E-state index in [0.29, 0.717) is 19.5 Å². The lowest BCUT2D eigenvalue weighted by atomic mass is 9.73. The van der Waals surface area contributed by atoms with E-state index in [9.17, 15) is 14.7 Å². The van der Waals surface area contributed by atoms with Crippen LogP contribution in [0.25, 0.3) is 0 Å². The summed E-state index contributed by atoms with van der Waals surface area (Å²) >= 11 is 0. The summed E-state index contributed by atoms with van der Waals surface area (Å²) < 4.78 is 5.62. The second-order valence-corrected chi connectivity index (χ2v) is 6.87. The van der Waals surface area contributed by atoms with E-state index in [4.69, 9.17) is 4.74 Å². The maximum Gasteiger partial charge on any atom is 0.309 e. The molecule has 0 aromatic rings. The summed E-state index contributed by atoms with van der Waals surface area (Å²) in [6.07, 6.45) is 5.33. The van der Waals surface area contributed by atoms with E-state index in [1.807, 2.05) is 4.90 Å². The number of carboxylic acids is 1. The third-order valence-corrected chi connectivity index (χ3v) is 5.10. The van der Waals surface area contributed by atoms with Gasteiger partial charge in [0.05, 0.1) is 17.9 Å². The minimum Gasteiger partial charge on any atom is -0.481 e. The summed E-state index contributed by atoms with van der Waals surface area (Å²) in [5, 5.41) is 9.29. The molecule has 5 heteroatoms. The molecule has 0 spiro atoms. The van der Waals surface area contributed by atoms with Crippen LogP contribution in [0.2, 0.25) is 0 Å². The molecule has 2 fully saturated rings. The quantitative estimate of drug-likeness (QED) is 0.864. The van der Waals surface area contributed by atoms with Gasteiger partial charge >= 0.3 is 5.97 Å². The van der Waals surface area contributed by atoms with Gasteiger partial charge in [-0.3, -0.25) is 9.59 Å². The van der Waals surface area contributed by atoms with Crippen molar-refractivity contribution < 1.29 is 19.4 Å². The molecule has 120 valence electrons. The Morgan fingerprint density at radius 1 is 1.19 bits per heavy atom. The van der Waals surface area contributed by atoms with E-state index >= 15 is 0 Å². The molecule has 1 atom stereocenters. The van der Waals surface area contributed by atoms with Gasteiger partial charge in [0.1, 0.15) is 0 Å². The lowest BCUT2D eigenvalue weighted by Crippen LogP contribution is -2.45. The van der Waals surface area contributed by atoms with Crippen molar-refractivity contribution >= 4 is 11.9 Å². The van der Waals surface area contributed by atoms with Crippen LogP contribution >= 0.6 is 0 Å². The number of hydrogen-bond donors (Lipinski definition) is 1. The molecule has 1 amide bonds. The summed E-state index contributed by atoms with van der Waals surface area (Å²) in [4.78, 5) is 25.5. The van der Waals surface area contributed by atoms with E-state index in [1.165, 1.54) is 0 Å². The van der Waals surface area contributed by atoms with E-state index in [2.05, 4.69) is 0 Å². The number of ether oxygens (including phenoxy) is 1. The number of carboxylic acid groups (broad SMARTS) is 1. The lowest BCUT2D eigenvalue weighted by molar-refractivity contribution is -0.151. The molecular formula is C16H27NO4. The largest absolute Gasteiger partial charge is 0.481 e. The molecule has 2 saturated heterocycles. The maximum absolute atomic E-state index is 12.3. The van der Waals surface area contributed by atoms with Crippen LogP contribution < -0.4 is 0 Å². The average molecular weight is 297 g/mol. The molecule has 0 saturated carbocycles. The fourth-order valence-electron chi connectivity index (χ4n) is 3.32. The summed E-state index contributed by atoms with van der Waals surface area (Å²) in [7, 11) is 0. The highest BCUT2D eigenvalue weighted by atomic mass is 16.5. The number of carbonyl (C=O) groups excluding carboxylic acids is 1. The summed E-state index contributed by atoms with van der Waals surface area (Å²) in [6.45, 7) is 5.69. The van der Waals surface area contributed by atoms with Gasteiger partial charge in [-0.05, 0) is 51.9 Å². The van der Waals surface area contributed by atoms with Crippen LogP contribution in [0.4, 0.5) is 0 Å². The molecule has 2 rings (SSSR count). The molecule has 2 heterocycles. The van der Waals surface area contributed by atoms with Gasteiger partial charge in [-0.1, -0.05) is 0 Å². The van der Waals surface area contributed by atoms with E-state index < -0.39 is 11.4 Å². The van der Waals surface area contributed by atoms with Gasteiger partial charge in [0.2, 0.25) is 5.91 Å². The molecule has 0 aliphatic carbocycles. The Hall–Kier alpha value is -1.10. The number of carbonyl (C=O) groups is 2. The normalized spacial score (nSPS) is 24.9. The third-order valence-electron chi connectivity index (χ3n) is 5.10. The van der Waals surface area contributed by atoms with Crippen molar-refractivity contribution in [3.63, 3.8) is 0 Å². The van der Waals surface area contributed by atoms with Crippen LogP contribution in [0.1, 0.15) is 52.4 Å². The van der Waals surface area contributed by atoms with Gasteiger partial charge in [-0.15, -0.1) is 0 Å². The maximum atomic E-state index is 12.3. The van der Waals surface area contributed by atoms with Gasteiger partial charge in [0.15, 0.2) is 0 Å². The van der Waals surface area contributed by atoms with E-state index in [1.54, 1.807) is 13.8 Å². The number of hydrogen-bond acceptors (Lipinski definition) is 3. The lowest BCUT2D eigenvalue weighted by Gasteiger charge is -2.38. The Bertz CT molecular complexity index is 380. The second kappa shape index (κ2) is 6.77. The predicted molar refractivity (Wildman–Crippen MR) is 78.9 cm³/mol. The second-order valence-electron chi connectivity index (χ2n) is 6.87. The fraction of sp³-hybridized carbons (Fsp3) is 0.875. The molecule has 2 aliphatic rings. The summed E-state index contributed by atoms with van der Waals surface area (Å²) in [5.41, 5.74) is -0.707. The average Bonchev–Trinajstić information content (AvgIpc) is 2.48. The van der Waals surface area contributed by atoms with Gasteiger partial charge in [-0.25, -0.2) is 0 Å². The molecule has 0 aromatic carbocycles. The van der Waals surface area contributed by atoms with Crippen molar-refractivity contribution in [1.82, 2.24) is 4.90 Å². The zero-order chi connectivity index (χ0) is 15.5. The zero-order valence-corrected chi connectivity index (χ0v) is 13.1. The molecular weight excluding hydrogens is 270 g/mol. The minimum absolute atomic E-state index is 0.0828. The minimum atomic E-state index is -0.747. The number of amides is 1. The van der Waals surface area contributed by atoms with Gasteiger partial charge in [0.25, 0.3) is 0 Å². The van der Waals surface area contributed by atoms with Crippen LogP contribution in [0.15, 0.2) is 0 Å².